The van der Waals surface area contributed by atoms with E-state index in [1.54, 1.807) is 0 Å². The van der Waals surface area contributed by atoms with Crippen LogP contribution in [0.25, 0.3) is 0 Å². The lowest BCUT2D eigenvalue weighted by atomic mass is 9.66. The third-order valence-electron chi connectivity index (χ3n) is 5.76. The molecule has 0 aromatic heterocycles. The summed E-state index contributed by atoms with van der Waals surface area (Å²) in [4.78, 5) is 0.0887. The van der Waals surface area contributed by atoms with Gasteiger partial charge in [-0.3, -0.25) is 0 Å². The van der Waals surface area contributed by atoms with Crippen LogP contribution in [0.2, 0.25) is 0 Å². The largest absolute Gasteiger partial charge is 0.344 e. The lowest BCUT2D eigenvalue weighted by molar-refractivity contribution is 0.152. The van der Waals surface area contributed by atoms with E-state index in [0.29, 0.717) is 5.41 Å². The minimum absolute atomic E-state index is 0. The van der Waals surface area contributed by atoms with Gasteiger partial charge in [0.05, 0.1) is 0 Å². The molecule has 0 saturated heterocycles. The topological polar surface area (TPSA) is 35.0 Å². The summed E-state index contributed by atoms with van der Waals surface area (Å²) < 4.78 is 0. The summed E-state index contributed by atoms with van der Waals surface area (Å²) in [6.45, 7) is 7.06. The Balaban J connectivity index is 0.00000441. The smallest absolute Gasteiger partial charge is 0.0497 e. The molecule has 1 unspecified atom stereocenters. The van der Waals surface area contributed by atoms with Gasteiger partial charge in [-0.1, -0.05) is 97.8 Å². The van der Waals surface area contributed by atoms with Crippen LogP contribution in [-0.2, 0) is 0 Å². The van der Waals surface area contributed by atoms with Gasteiger partial charge >= 0.3 is 0 Å². The maximum atomic E-state index is 6.98. The molecule has 134 valence electrons. The van der Waals surface area contributed by atoms with Crippen molar-refractivity contribution in [3.8, 4) is 0 Å². The second-order valence-electron chi connectivity index (χ2n) is 7.99. The summed E-state index contributed by atoms with van der Waals surface area (Å²) in [6, 6.07) is 0. The fourth-order valence-corrected chi connectivity index (χ4v) is 4.25. The predicted molar refractivity (Wildman–Crippen MR) is 102 cm³/mol. The first kappa shape index (κ1) is 22.2. The zero-order valence-electron chi connectivity index (χ0n) is 15.7. The molecule has 0 aromatic carbocycles. The van der Waals surface area contributed by atoms with Crippen molar-refractivity contribution in [2.24, 2.45) is 5.41 Å². The fraction of sp³-hybridized carbons (Fsp3) is 1.00. The van der Waals surface area contributed by atoms with Gasteiger partial charge in [-0.15, -0.1) is 11.6 Å². The first-order valence-electron chi connectivity index (χ1n) is 9.71. The summed E-state index contributed by atoms with van der Waals surface area (Å²) in [7, 11) is 0. The highest BCUT2D eigenvalue weighted by Crippen LogP contribution is 2.50. The summed E-state index contributed by atoms with van der Waals surface area (Å²) in [5, 5.41) is 0. The number of alkyl halides is 1. The van der Waals surface area contributed by atoms with Crippen molar-refractivity contribution >= 4 is 11.6 Å². The highest BCUT2D eigenvalue weighted by atomic mass is 35.5. The number of halogens is 1. The lowest BCUT2D eigenvalue weighted by Crippen LogP contribution is -2.42. The van der Waals surface area contributed by atoms with Gasteiger partial charge in [0.1, 0.15) is 0 Å². The second-order valence-corrected chi connectivity index (χ2v) is 8.71. The standard InChI is InChI=1S/C20H39Cl.H3N/c1-4-5-6-7-8-9-10-11-12-13-17-20(21)18-15-14-16-19(20,2)3;/h4-18H2,1-3H3;1H3. The molecular weight excluding hydrogens is 290 g/mol. The molecule has 2 heteroatoms. The number of hydrogen-bond donors (Lipinski definition) is 1. The summed E-state index contributed by atoms with van der Waals surface area (Å²) >= 11 is 6.98. The van der Waals surface area contributed by atoms with Crippen LogP contribution in [0.3, 0.4) is 0 Å². The SMILES string of the molecule is CCCCCCCCCCCCC1(Cl)CCCCC1(C)C.N. The molecular formula is C20H42ClN. The van der Waals surface area contributed by atoms with Crippen molar-refractivity contribution in [2.45, 2.75) is 122 Å². The van der Waals surface area contributed by atoms with E-state index < -0.39 is 0 Å². The lowest BCUT2D eigenvalue weighted by Gasteiger charge is -2.46. The third-order valence-corrected chi connectivity index (χ3v) is 6.65. The fourth-order valence-electron chi connectivity index (χ4n) is 3.89. The van der Waals surface area contributed by atoms with Crippen molar-refractivity contribution < 1.29 is 0 Å². The molecule has 0 amide bonds. The maximum Gasteiger partial charge on any atom is 0.0497 e. The molecule has 1 aliphatic carbocycles. The predicted octanol–water partition coefficient (Wildman–Crippen LogP) is 8.04. The number of unbranched alkanes of at least 4 members (excludes halogenated alkanes) is 9. The summed E-state index contributed by atoms with van der Waals surface area (Å²) in [5.41, 5.74) is 0.339. The highest BCUT2D eigenvalue weighted by molar-refractivity contribution is 6.24. The van der Waals surface area contributed by atoms with Crippen LogP contribution in [-0.4, -0.2) is 4.87 Å². The summed E-state index contributed by atoms with van der Waals surface area (Å²) in [6.07, 6.45) is 20.6. The van der Waals surface area contributed by atoms with E-state index in [-0.39, 0.29) is 11.0 Å². The van der Waals surface area contributed by atoms with Crippen molar-refractivity contribution in [3.05, 3.63) is 0 Å². The molecule has 0 aromatic rings. The van der Waals surface area contributed by atoms with Gasteiger partial charge in [-0.05, 0) is 24.7 Å². The van der Waals surface area contributed by atoms with Crippen LogP contribution in [0.5, 0.6) is 0 Å². The molecule has 1 saturated carbocycles. The van der Waals surface area contributed by atoms with Gasteiger partial charge in [-0.25, -0.2) is 0 Å². The molecule has 1 atom stereocenters. The van der Waals surface area contributed by atoms with Gasteiger partial charge < -0.3 is 6.15 Å². The third kappa shape index (κ3) is 7.68. The Bertz CT molecular complexity index is 264. The molecule has 1 fully saturated rings. The monoisotopic (exact) mass is 331 g/mol. The molecule has 0 bridgehead atoms. The Labute approximate surface area is 145 Å². The van der Waals surface area contributed by atoms with E-state index in [9.17, 15) is 0 Å². The van der Waals surface area contributed by atoms with Crippen LogP contribution < -0.4 is 6.15 Å². The van der Waals surface area contributed by atoms with Crippen LogP contribution in [0, 0.1) is 5.41 Å². The van der Waals surface area contributed by atoms with E-state index in [1.165, 1.54) is 96.3 Å². The van der Waals surface area contributed by atoms with E-state index >= 15 is 0 Å². The van der Waals surface area contributed by atoms with Gasteiger partial charge in [0, 0.05) is 4.87 Å². The Morgan fingerprint density at radius 2 is 1.18 bits per heavy atom. The molecule has 22 heavy (non-hydrogen) atoms. The minimum atomic E-state index is 0. The normalized spacial score (nSPS) is 24.0. The Hall–Kier alpha value is 0.250. The van der Waals surface area contributed by atoms with Crippen molar-refractivity contribution in [3.63, 3.8) is 0 Å². The highest BCUT2D eigenvalue weighted by Gasteiger charge is 2.44. The van der Waals surface area contributed by atoms with Crippen LogP contribution >= 0.6 is 11.6 Å². The first-order chi connectivity index (χ1) is 10.0. The van der Waals surface area contributed by atoms with Crippen LogP contribution in [0.15, 0.2) is 0 Å². The Morgan fingerprint density at radius 3 is 1.68 bits per heavy atom. The quantitative estimate of drug-likeness (QED) is 0.301. The average Bonchev–Trinajstić information content (AvgIpc) is 2.44. The molecule has 0 spiro atoms. The molecule has 0 heterocycles. The van der Waals surface area contributed by atoms with Crippen molar-refractivity contribution in [2.75, 3.05) is 0 Å². The van der Waals surface area contributed by atoms with Gasteiger partial charge in [-0.2, -0.15) is 0 Å². The Kier molecular flexibility index (Phi) is 11.9. The Morgan fingerprint density at radius 1 is 0.727 bits per heavy atom. The van der Waals surface area contributed by atoms with E-state index in [2.05, 4.69) is 20.8 Å². The number of hydrogen-bond acceptors (Lipinski definition) is 1. The first-order valence-corrected chi connectivity index (χ1v) is 10.1. The second kappa shape index (κ2) is 11.7. The molecule has 1 nitrogen and oxygen atoms in total. The molecule has 0 aliphatic heterocycles. The average molecular weight is 332 g/mol. The zero-order valence-corrected chi connectivity index (χ0v) is 16.4. The zero-order chi connectivity index (χ0) is 15.6. The molecule has 0 radical (unpaired) electrons. The van der Waals surface area contributed by atoms with Gasteiger partial charge in [0.25, 0.3) is 0 Å². The number of rotatable bonds is 11. The molecule has 1 rings (SSSR count). The van der Waals surface area contributed by atoms with E-state index in [1.807, 2.05) is 0 Å². The van der Waals surface area contributed by atoms with Crippen LogP contribution in [0.1, 0.15) is 117 Å². The van der Waals surface area contributed by atoms with Crippen LogP contribution in [0.4, 0.5) is 0 Å². The molecule has 3 N–H and O–H groups in total. The maximum absolute atomic E-state index is 6.98. The van der Waals surface area contributed by atoms with Gasteiger partial charge in [0.2, 0.25) is 0 Å². The molecule has 1 aliphatic rings. The summed E-state index contributed by atoms with van der Waals surface area (Å²) in [5.74, 6) is 0. The van der Waals surface area contributed by atoms with Crippen molar-refractivity contribution in [1.82, 2.24) is 6.15 Å². The van der Waals surface area contributed by atoms with E-state index in [4.69, 9.17) is 11.6 Å². The van der Waals surface area contributed by atoms with Gasteiger partial charge in [0.15, 0.2) is 0 Å². The van der Waals surface area contributed by atoms with E-state index in [0.717, 1.165) is 0 Å². The minimum Gasteiger partial charge on any atom is -0.344 e. The van der Waals surface area contributed by atoms with Crippen molar-refractivity contribution in [1.29, 1.82) is 0 Å².